The number of pyridine rings is 1. The lowest BCUT2D eigenvalue weighted by molar-refractivity contribution is -0.123. The average molecular weight is 353 g/mol. The molecule has 1 unspecified atom stereocenters. The van der Waals surface area contributed by atoms with E-state index in [2.05, 4.69) is 10.3 Å². The third kappa shape index (κ3) is 4.30. The molecule has 122 valence electrons. The summed E-state index contributed by atoms with van der Waals surface area (Å²) in [5.74, 6) is -0.963. The molecule has 0 aromatic carbocycles. The van der Waals surface area contributed by atoms with Crippen molar-refractivity contribution in [3.8, 4) is 0 Å². The summed E-state index contributed by atoms with van der Waals surface area (Å²) in [6.07, 6.45) is 1.44. The Bertz CT molecular complexity index is 730. The first-order valence-corrected chi connectivity index (χ1v) is 8.33. The summed E-state index contributed by atoms with van der Waals surface area (Å²) < 4.78 is 5.22. The van der Waals surface area contributed by atoms with Gasteiger partial charge < -0.3 is 10.1 Å². The molecule has 2 rings (SSSR count). The maximum Gasteiger partial charge on any atom is 0.349 e. The number of amides is 1. The fourth-order valence-corrected chi connectivity index (χ4v) is 3.12. The molecule has 1 N–H and O–H groups in total. The summed E-state index contributed by atoms with van der Waals surface area (Å²) >= 11 is 7.27. The fraction of sp³-hybridized carbons (Fsp3) is 0.312. The third-order valence-electron chi connectivity index (χ3n) is 3.21. The molecular formula is C16H17ClN2O3S. The van der Waals surface area contributed by atoms with E-state index in [0.29, 0.717) is 10.6 Å². The quantitative estimate of drug-likeness (QED) is 0.655. The molecule has 0 bridgehead atoms. The van der Waals surface area contributed by atoms with Gasteiger partial charge in [-0.3, -0.25) is 4.79 Å². The Hall–Kier alpha value is -1.92. The molecular weight excluding hydrogens is 336 g/mol. The Morgan fingerprint density at radius 2 is 2.22 bits per heavy atom. The van der Waals surface area contributed by atoms with Crippen molar-refractivity contribution in [3.05, 3.63) is 44.9 Å². The first kappa shape index (κ1) is 17.4. The minimum Gasteiger partial charge on any atom is -0.448 e. The maximum absolute atomic E-state index is 12.1. The van der Waals surface area contributed by atoms with Gasteiger partial charge in [-0.1, -0.05) is 18.5 Å². The largest absolute Gasteiger partial charge is 0.448 e. The van der Waals surface area contributed by atoms with E-state index in [9.17, 15) is 9.59 Å². The number of ether oxygens (including phenoxy) is 1. The van der Waals surface area contributed by atoms with Crippen LogP contribution in [0.5, 0.6) is 0 Å². The molecule has 0 spiro atoms. The second-order valence-corrected chi connectivity index (χ2v) is 6.44. The molecule has 0 aliphatic rings. The van der Waals surface area contributed by atoms with Crippen molar-refractivity contribution in [2.24, 2.45) is 0 Å². The Kier molecular flexibility index (Phi) is 5.74. The van der Waals surface area contributed by atoms with Gasteiger partial charge in [-0.2, -0.15) is 0 Å². The van der Waals surface area contributed by atoms with E-state index in [-0.39, 0.29) is 5.15 Å². The van der Waals surface area contributed by atoms with E-state index in [0.717, 1.165) is 16.9 Å². The zero-order chi connectivity index (χ0) is 17.0. The number of carbonyl (C=O) groups excluding carboxylic acids is 2. The predicted molar refractivity (Wildman–Crippen MR) is 91.2 cm³/mol. The highest BCUT2D eigenvalue weighted by Crippen LogP contribution is 2.23. The van der Waals surface area contributed by atoms with Gasteiger partial charge in [-0.25, -0.2) is 9.78 Å². The molecule has 0 radical (unpaired) electrons. The molecule has 0 fully saturated rings. The molecule has 7 heteroatoms. The van der Waals surface area contributed by atoms with Crippen molar-refractivity contribution >= 4 is 40.5 Å². The topological polar surface area (TPSA) is 68.3 Å². The standard InChI is InChI=1S/C16H17ClN2O3S/c1-4-12-9(2)8-13(23-12)16(21)22-10(3)15(20)19-11-6-5-7-18-14(11)17/h5-8,10H,4H2,1-3H3,(H,19,20). The number of halogens is 1. The van der Waals surface area contributed by atoms with Crippen molar-refractivity contribution in [3.63, 3.8) is 0 Å². The van der Waals surface area contributed by atoms with Crippen LogP contribution in [0, 0.1) is 6.92 Å². The molecule has 23 heavy (non-hydrogen) atoms. The van der Waals surface area contributed by atoms with E-state index in [1.165, 1.54) is 24.5 Å². The normalized spacial score (nSPS) is 11.8. The summed E-state index contributed by atoms with van der Waals surface area (Å²) in [6.45, 7) is 5.49. The van der Waals surface area contributed by atoms with Crippen LogP contribution >= 0.6 is 22.9 Å². The van der Waals surface area contributed by atoms with Crippen molar-refractivity contribution in [1.29, 1.82) is 0 Å². The van der Waals surface area contributed by atoms with Crippen LogP contribution in [0.3, 0.4) is 0 Å². The summed E-state index contributed by atoms with van der Waals surface area (Å²) in [5.41, 5.74) is 1.44. The van der Waals surface area contributed by atoms with Gasteiger partial charge >= 0.3 is 5.97 Å². The minimum absolute atomic E-state index is 0.181. The lowest BCUT2D eigenvalue weighted by atomic mass is 10.2. The Morgan fingerprint density at radius 3 is 2.83 bits per heavy atom. The highest BCUT2D eigenvalue weighted by Gasteiger charge is 2.21. The number of carbonyl (C=O) groups is 2. The third-order valence-corrected chi connectivity index (χ3v) is 4.88. The van der Waals surface area contributed by atoms with Crippen molar-refractivity contribution in [2.75, 3.05) is 5.32 Å². The van der Waals surface area contributed by atoms with Gasteiger partial charge in [0.05, 0.1) is 5.69 Å². The van der Waals surface area contributed by atoms with E-state index < -0.39 is 18.0 Å². The molecule has 1 amide bonds. The summed E-state index contributed by atoms with van der Waals surface area (Å²) in [7, 11) is 0. The minimum atomic E-state index is -0.939. The number of nitrogens with one attached hydrogen (secondary N) is 1. The van der Waals surface area contributed by atoms with E-state index in [1.807, 2.05) is 13.8 Å². The molecule has 2 aromatic rings. The van der Waals surface area contributed by atoms with Crippen LogP contribution in [0.2, 0.25) is 5.15 Å². The zero-order valence-corrected chi connectivity index (χ0v) is 14.6. The number of esters is 1. The molecule has 0 aliphatic heterocycles. The van der Waals surface area contributed by atoms with Crippen LogP contribution in [-0.4, -0.2) is 23.0 Å². The lowest BCUT2D eigenvalue weighted by Crippen LogP contribution is -2.29. The second-order valence-electron chi connectivity index (χ2n) is 4.95. The van der Waals surface area contributed by atoms with E-state index in [4.69, 9.17) is 16.3 Å². The summed E-state index contributed by atoms with van der Waals surface area (Å²) in [4.78, 5) is 29.7. The van der Waals surface area contributed by atoms with Crippen molar-refractivity contribution in [2.45, 2.75) is 33.3 Å². The van der Waals surface area contributed by atoms with Gasteiger partial charge in [0, 0.05) is 11.1 Å². The van der Waals surface area contributed by atoms with Crippen LogP contribution in [0.1, 0.15) is 34.0 Å². The number of thiophene rings is 1. The number of aryl methyl sites for hydroxylation is 2. The average Bonchev–Trinajstić information content (AvgIpc) is 2.90. The summed E-state index contributed by atoms with van der Waals surface area (Å²) in [5, 5.41) is 2.77. The number of hydrogen-bond donors (Lipinski definition) is 1. The Labute approximate surface area is 143 Å². The van der Waals surface area contributed by atoms with Gasteiger partial charge in [0.25, 0.3) is 5.91 Å². The van der Waals surface area contributed by atoms with Gasteiger partial charge in [0.2, 0.25) is 0 Å². The summed E-state index contributed by atoms with van der Waals surface area (Å²) in [6, 6.07) is 5.06. The second kappa shape index (κ2) is 7.57. The zero-order valence-electron chi connectivity index (χ0n) is 13.1. The van der Waals surface area contributed by atoms with Gasteiger partial charge in [-0.15, -0.1) is 11.3 Å². The number of anilines is 1. The number of aromatic nitrogens is 1. The molecule has 0 saturated heterocycles. The van der Waals surface area contributed by atoms with Crippen LogP contribution < -0.4 is 5.32 Å². The molecule has 0 saturated carbocycles. The highest BCUT2D eigenvalue weighted by atomic mass is 35.5. The van der Waals surface area contributed by atoms with Crippen molar-refractivity contribution in [1.82, 2.24) is 4.98 Å². The van der Waals surface area contributed by atoms with Crippen LogP contribution in [-0.2, 0) is 16.0 Å². The van der Waals surface area contributed by atoms with Gasteiger partial charge in [0.15, 0.2) is 11.3 Å². The molecule has 2 heterocycles. The molecule has 1 atom stereocenters. The SMILES string of the molecule is CCc1sc(C(=O)OC(C)C(=O)Nc2cccnc2Cl)cc1C. The highest BCUT2D eigenvalue weighted by molar-refractivity contribution is 7.14. The van der Waals surface area contributed by atoms with Gasteiger partial charge in [-0.05, 0) is 44.0 Å². The number of nitrogens with zero attached hydrogens (tertiary/aromatic N) is 1. The lowest BCUT2D eigenvalue weighted by Gasteiger charge is -2.13. The first-order valence-electron chi connectivity index (χ1n) is 7.14. The monoisotopic (exact) mass is 352 g/mol. The van der Waals surface area contributed by atoms with E-state index >= 15 is 0 Å². The van der Waals surface area contributed by atoms with Crippen LogP contribution in [0.15, 0.2) is 24.4 Å². The number of rotatable bonds is 5. The van der Waals surface area contributed by atoms with Crippen LogP contribution in [0.4, 0.5) is 5.69 Å². The van der Waals surface area contributed by atoms with Crippen molar-refractivity contribution < 1.29 is 14.3 Å². The van der Waals surface area contributed by atoms with Crippen LogP contribution in [0.25, 0.3) is 0 Å². The maximum atomic E-state index is 12.1. The molecule has 0 aliphatic carbocycles. The fourth-order valence-electron chi connectivity index (χ4n) is 1.96. The smallest absolute Gasteiger partial charge is 0.349 e. The predicted octanol–water partition coefficient (Wildman–Crippen LogP) is 3.85. The Morgan fingerprint density at radius 1 is 1.48 bits per heavy atom. The number of hydrogen-bond acceptors (Lipinski definition) is 5. The Balaban J connectivity index is 2.00. The van der Waals surface area contributed by atoms with E-state index in [1.54, 1.807) is 18.2 Å². The molecule has 5 nitrogen and oxygen atoms in total. The first-order chi connectivity index (χ1) is 10.9. The molecule has 2 aromatic heterocycles. The van der Waals surface area contributed by atoms with Gasteiger partial charge in [0.1, 0.15) is 4.88 Å².